The van der Waals surface area contributed by atoms with Crippen molar-refractivity contribution in [2.75, 3.05) is 33.4 Å². The number of aliphatic hydroxyl groups excluding tert-OH is 2. The number of carbonyl (C=O) groups is 3. The number of hydrogen-bond donors (Lipinski definition) is 3. The maximum absolute atomic E-state index is 14.2. The fourth-order valence-corrected chi connectivity index (χ4v) is 6.33. The van der Waals surface area contributed by atoms with Crippen LogP contribution in [-0.4, -0.2) is 91.0 Å². The molecular weight excluding hydrogens is 699 g/mol. The van der Waals surface area contributed by atoms with Crippen LogP contribution in [0.5, 0.6) is 11.5 Å². The lowest BCUT2D eigenvalue weighted by Gasteiger charge is -2.41. The van der Waals surface area contributed by atoms with Gasteiger partial charge in [-0.05, 0) is 65.8 Å². The third kappa shape index (κ3) is 7.21. The SMILES string of the molecule is COc1cc(C=O)cc(I)c1O[C@H]1C=C(C(=O)NCCO)C[C@@H](N(C[C@@H]2CCCO2)C(=O)c2cc3ccccc3oc2=O)[C@@H]1O. The van der Waals surface area contributed by atoms with E-state index in [4.69, 9.17) is 18.6 Å². The number of aliphatic hydroxyl groups is 2. The minimum absolute atomic E-state index is 0.00943. The molecule has 1 aliphatic heterocycles. The Morgan fingerprint density at radius 2 is 2.02 bits per heavy atom. The molecule has 2 amide bonds. The number of fused-ring (bicyclic) bond motifs is 1. The van der Waals surface area contributed by atoms with Crippen molar-refractivity contribution in [3.63, 3.8) is 0 Å². The highest BCUT2D eigenvalue weighted by Gasteiger charge is 2.42. The monoisotopic (exact) mass is 732 g/mol. The number of aldehydes is 1. The molecule has 12 nitrogen and oxygen atoms in total. The first-order valence-corrected chi connectivity index (χ1v) is 15.5. The van der Waals surface area contributed by atoms with E-state index >= 15 is 0 Å². The van der Waals surface area contributed by atoms with Gasteiger partial charge >= 0.3 is 5.63 Å². The molecule has 3 aromatic rings. The van der Waals surface area contributed by atoms with Crippen molar-refractivity contribution in [2.45, 2.75) is 43.6 Å². The Labute approximate surface area is 272 Å². The first-order valence-electron chi connectivity index (χ1n) is 14.5. The number of nitrogens with one attached hydrogen (secondary N) is 1. The van der Waals surface area contributed by atoms with Gasteiger partial charge in [-0.15, -0.1) is 0 Å². The molecule has 2 aromatic carbocycles. The molecule has 4 atom stereocenters. The number of nitrogens with zero attached hydrogens (tertiary/aromatic N) is 1. The minimum atomic E-state index is -1.37. The van der Waals surface area contributed by atoms with Gasteiger partial charge in [0.05, 0.1) is 29.4 Å². The molecule has 1 aliphatic carbocycles. The van der Waals surface area contributed by atoms with Gasteiger partial charge in [-0.25, -0.2) is 4.79 Å². The van der Waals surface area contributed by atoms with Gasteiger partial charge < -0.3 is 39.1 Å². The van der Waals surface area contributed by atoms with Gasteiger partial charge in [-0.2, -0.15) is 0 Å². The summed E-state index contributed by atoms with van der Waals surface area (Å²) in [6.45, 7) is 0.253. The Kier molecular flexibility index (Phi) is 10.5. The van der Waals surface area contributed by atoms with Gasteiger partial charge in [0.1, 0.15) is 29.6 Å². The third-order valence-electron chi connectivity index (χ3n) is 7.81. The lowest BCUT2D eigenvalue weighted by molar-refractivity contribution is -0.118. The molecule has 0 saturated carbocycles. The van der Waals surface area contributed by atoms with Gasteiger partial charge in [-0.3, -0.25) is 14.4 Å². The second-order valence-corrected chi connectivity index (χ2v) is 11.9. The Bertz CT molecular complexity index is 1670. The summed E-state index contributed by atoms with van der Waals surface area (Å²) < 4.78 is 23.5. The first-order chi connectivity index (χ1) is 21.7. The summed E-state index contributed by atoms with van der Waals surface area (Å²) >= 11 is 1.98. The number of benzene rings is 2. The molecule has 45 heavy (non-hydrogen) atoms. The summed E-state index contributed by atoms with van der Waals surface area (Å²) in [7, 11) is 1.41. The third-order valence-corrected chi connectivity index (χ3v) is 8.61. The molecule has 0 bridgehead atoms. The molecule has 1 saturated heterocycles. The van der Waals surface area contributed by atoms with E-state index in [2.05, 4.69) is 5.32 Å². The van der Waals surface area contributed by atoms with Crippen LogP contribution in [0.3, 0.4) is 0 Å². The van der Waals surface area contributed by atoms with Gasteiger partial charge in [-0.1, -0.05) is 18.2 Å². The Morgan fingerprint density at radius 1 is 1.22 bits per heavy atom. The van der Waals surface area contributed by atoms with E-state index in [1.54, 1.807) is 30.3 Å². The maximum atomic E-state index is 14.2. The van der Waals surface area contributed by atoms with Crippen LogP contribution in [0.15, 0.2) is 63.3 Å². The molecule has 0 radical (unpaired) electrons. The molecule has 1 fully saturated rings. The van der Waals surface area contributed by atoms with E-state index < -0.39 is 35.7 Å². The van der Waals surface area contributed by atoms with E-state index in [0.29, 0.717) is 39.4 Å². The van der Waals surface area contributed by atoms with Crippen molar-refractivity contribution < 1.29 is 43.2 Å². The normalized spacial score (nSPS) is 21.2. The zero-order valence-electron chi connectivity index (χ0n) is 24.4. The van der Waals surface area contributed by atoms with Gasteiger partial charge in [0.15, 0.2) is 11.5 Å². The van der Waals surface area contributed by atoms with Crippen molar-refractivity contribution >= 4 is 51.7 Å². The standard InChI is InChI=1S/C32H33IN2O10/c1-42-27-12-18(17-37)11-23(33)29(27)44-26-15-20(30(39)34-8-9-36)14-24(28(26)38)35(16-21-6-4-10-43-21)31(40)22-13-19-5-2-3-7-25(19)45-32(22)41/h2-3,5,7,11-13,15,17,21,24,26,28,36,38H,4,6,8-10,14,16H2,1H3,(H,34,39)/t21-,24+,26-,28-/m0/s1. The second-order valence-electron chi connectivity index (χ2n) is 10.7. The number of halogens is 1. The number of amides is 2. The molecule has 1 aromatic heterocycles. The van der Waals surface area contributed by atoms with Crippen molar-refractivity contribution in [2.24, 2.45) is 0 Å². The predicted octanol–water partition coefficient (Wildman–Crippen LogP) is 2.46. The van der Waals surface area contributed by atoms with Crippen LogP contribution in [0.1, 0.15) is 40.0 Å². The summed E-state index contributed by atoms with van der Waals surface area (Å²) in [5.41, 5.74) is -0.172. The fraction of sp³-hybridized carbons (Fsp3) is 0.375. The van der Waals surface area contributed by atoms with E-state index in [0.717, 1.165) is 6.42 Å². The molecular formula is C32H33IN2O10. The minimum Gasteiger partial charge on any atom is -0.493 e. The summed E-state index contributed by atoms with van der Waals surface area (Å²) in [6.07, 6.45) is 0.623. The summed E-state index contributed by atoms with van der Waals surface area (Å²) in [5.74, 6) is -0.736. The van der Waals surface area contributed by atoms with E-state index in [1.807, 2.05) is 22.6 Å². The average Bonchev–Trinajstić information content (AvgIpc) is 3.57. The molecule has 3 N–H and O–H groups in total. The van der Waals surface area contributed by atoms with E-state index in [9.17, 15) is 29.4 Å². The topological polar surface area (TPSA) is 165 Å². The molecule has 238 valence electrons. The number of hydrogen-bond acceptors (Lipinski definition) is 10. The van der Waals surface area contributed by atoms with Crippen LogP contribution in [-0.2, 0) is 9.53 Å². The summed E-state index contributed by atoms with van der Waals surface area (Å²) in [6, 6.07) is 10.3. The number of carbonyl (C=O) groups excluding carboxylic acids is 3. The number of para-hydroxylation sites is 1. The lowest BCUT2D eigenvalue weighted by Crippen LogP contribution is -2.57. The fourth-order valence-electron chi connectivity index (χ4n) is 5.58. The second kappa shape index (κ2) is 14.5. The van der Waals surface area contributed by atoms with E-state index in [1.165, 1.54) is 30.2 Å². The average molecular weight is 733 g/mol. The van der Waals surface area contributed by atoms with Crippen LogP contribution in [0.4, 0.5) is 0 Å². The van der Waals surface area contributed by atoms with Gasteiger partial charge in [0, 0.05) is 42.6 Å². The molecule has 2 heterocycles. The maximum Gasteiger partial charge on any atom is 0.349 e. The zero-order valence-corrected chi connectivity index (χ0v) is 26.6. The summed E-state index contributed by atoms with van der Waals surface area (Å²) in [5, 5.41) is 24.3. The summed E-state index contributed by atoms with van der Waals surface area (Å²) in [4.78, 5) is 53.3. The van der Waals surface area contributed by atoms with Gasteiger partial charge in [0.25, 0.3) is 5.91 Å². The smallest absolute Gasteiger partial charge is 0.349 e. The molecule has 0 unspecified atom stereocenters. The van der Waals surface area contributed by atoms with Crippen molar-refractivity contribution in [1.82, 2.24) is 10.2 Å². The van der Waals surface area contributed by atoms with Crippen molar-refractivity contribution in [3.05, 3.63) is 79.2 Å². The first kappa shape index (κ1) is 32.6. The van der Waals surface area contributed by atoms with Crippen LogP contribution in [0.25, 0.3) is 11.0 Å². The highest BCUT2D eigenvalue weighted by atomic mass is 127. The molecule has 5 rings (SSSR count). The van der Waals surface area contributed by atoms with Crippen molar-refractivity contribution in [1.29, 1.82) is 0 Å². The van der Waals surface area contributed by atoms with Crippen LogP contribution >= 0.6 is 22.6 Å². The van der Waals surface area contributed by atoms with Gasteiger partial charge in [0.2, 0.25) is 5.91 Å². The number of ether oxygens (including phenoxy) is 3. The highest BCUT2D eigenvalue weighted by molar-refractivity contribution is 14.1. The molecule has 13 heteroatoms. The van der Waals surface area contributed by atoms with Crippen LogP contribution < -0.4 is 20.4 Å². The van der Waals surface area contributed by atoms with E-state index in [-0.39, 0.29) is 54.9 Å². The van der Waals surface area contributed by atoms with Crippen LogP contribution in [0.2, 0.25) is 0 Å². The Morgan fingerprint density at radius 3 is 2.73 bits per heavy atom. The quantitative estimate of drug-likeness (QED) is 0.152. The zero-order chi connectivity index (χ0) is 32.1. The highest BCUT2D eigenvalue weighted by Crippen LogP contribution is 2.37. The largest absolute Gasteiger partial charge is 0.493 e. The Hall–Kier alpha value is -3.79. The number of rotatable bonds is 11. The lowest BCUT2D eigenvalue weighted by atomic mass is 9.87. The van der Waals surface area contributed by atoms with Crippen LogP contribution in [0, 0.1) is 3.57 Å². The van der Waals surface area contributed by atoms with Crippen molar-refractivity contribution in [3.8, 4) is 11.5 Å². The molecule has 2 aliphatic rings. The predicted molar refractivity (Wildman–Crippen MR) is 171 cm³/mol. The molecule has 0 spiro atoms. The number of methoxy groups -OCH3 is 1. The Balaban J connectivity index is 1.56.